The van der Waals surface area contributed by atoms with Crippen LogP contribution >= 0.6 is 0 Å². The molecular formula is C16H24O6. The maximum absolute atomic E-state index is 11.9. The molecule has 22 heavy (non-hydrogen) atoms. The van der Waals surface area contributed by atoms with Crippen LogP contribution in [0.5, 0.6) is 0 Å². The van der Waals surface area contributed by atoms with Gasteiger partial charge in [-0.3, -0.25) is 4.79 Å². The molecule has 0 rings (SSSR count). The predicted octanol–water partition coefficient (Wildman–Crippen LogP) is 2.68. The second-order valence-electron chi connectivity index (χ2n) is 4.51. The van der Waals surface area contributed by atoms with Gasteiger partial charge in [0.05, 0.1) is 31.5 Å². The van der Waals surface area contributed by atoms with Crippen LogP contribution in [0.4, 0.5) is 0 Å². The first-order chi connectivity index (χ1) is 10.5. The van der Waals surface area contributed by atoms with E-state index in [1.54, 1.807) is 0 Å². The van der Waals surface area contributed by atoms with E-state index in [2.05, 4.69) is 11.3 Å². The summed E-state index contributed by atoms with van der Waals surface area (Å²) >= 11 is 0. The van der Waals surface area contributed by atoms with E-state index in [-0.39, 0.29) is 25.2 Å². The van der Waals surface area contributed by atoms with Gasteiger partial charge in [-0.15, -0.1) is 0 Å². The lowest BCUT2D eigenvalue weighted by molar-refractivity contribution is -0.144. The van der Waals surface area contributed by atoms with Crippen LogP contribution < -0.4 is 0 Å². The average molecular weight is 312 g/mol. The standard InChI is InChI=1S/C16H24O6/c1-4-7-9-21-15(18)12-13(11-14(17)20-6-3)16(19)22-10-8-5-2/h6,12H,3-5,7-11H2,1-2H3/b13-12-. The fraction of sp³-hybridized carbons (Fsp3) is 0.562. The second kappa shape index (κ2) is 12.6. The first kappa shape index (κ1) is 19.9. The van der Waals surface area contributed by atoms with E-state index < -0.39 is 17.9 Å². The monoisotopic (exact) mass is 312 g/mol. The second-order valence-corrected chi connectivity index (χ2v) is 4.51. The Balaban J connectivity index is 4.74. The summed E-state index contributed by atoms with van der Waals surface area (Å²) in [4.78, 5) is 35.0. The third-order valence-electron chi connectivity index (χ3n) is 2.58. The quantitative estimate of drug-likeness (QED) is 0.192. The van der Waals surface area contributed by atoms with Gasteiger partial charge in [0.2, 0.25) is 0 Å². The fourth-order valence-electron chi connectivity index (χ4n) is 1.38. The van der Waals surface area contributed by atoms with Crippen LogP contribution in [-0.4, -0.2) is 31.1 Å². The zero-order valence-corrected chi connectivity index (χ0v) is 13.3. The number of carbonyl (C=O) groups is 3. The van der Waals surface area contributed by atoms with Crippen molar-refractivity contribution in [1.82, 2.24) is 0 Å². The molecule has 0 radical (unpaired) electrons. The normalized spacial score (nSPS) is 10.7. The number of carbonyl (C=O) groups excluding carboxylic acids is 3. The smallest absolute Gasteiger partial charge is 0.334 e. The number of ether oxygens (including phenoxy) is 3. The molecule has 0 aromatic carbocycles. The molecule has 0 bridgehead atoms. The maximum atomic E-state index is 11.9. The lowest BCUT2D eigenvalue weighted by atomic mass is 10.2. The summed E-state index contributed by atoms with van der Waals surface area (Å²) in [5.41, 5.74) is -0.0931. The number of rotatable bonds is 11. The van der Waals surface area contributed by atoms with Gasteiger partial charge in [-0.05, 0) is 12.8 Å². The van der Waals surface area contributed by atoms with Gasteiger partial charge in [-0.25, -0.2) is 9.59 Å². The van der Waals surface area contributed by atoms with Crippen molar-refractivity contribution in [2.45, 2.75) is 46.0 Å². The van der Waals surface area contributed by atoms with Crippen molar-refractivity contribution in [2.75, 3.05) is 13.2 Å². The number of hydrogen-bond donors (Lipinski definition) is 0. The van der Waals surface area contributed by atoms with Crippen molar-refractivity contribution in [3.63, 3.8) is 0 Å². The zero-order valence-electron chi connectivity index (χ0n) is 13.3. The summed E-state index contributed by atoms with van der Waals surface area (Å²) in [5, 5.41) is 0. The Bertz CT molecular complexity index is 411. The van der Waals surface area contributed by atoms with E-state index in [0.717, 1.165) is 31.6 Å². The summed E-state index contributed by atoms with van der Waals surface area (Å²) in [6, 6.07) is 0. The van der Waals surface area contributed by atoms with Crippen LogP contribution in [0, 0.1) is 0 Å². The summed E-state index contributed by atoms with van der Waals surface area (Å²) in [6.07, 6.45) is 4.75. The summed E-state index contributed by atoms with van der Waals surface area (Å²) < 4.78 is 14.5. The number of hydrogen-bond acceptors (Lipinski definition) is 6. The number of esters is 3. The molecule has 0 saturated carbocycles. The molecule has 124 valence electrons. The molecule has 0 N–H and O–H groups in total. The van der Waals surface area contributed by atoms with E-state index >= 15 is 0 Å². The van der Waals surface area contributed by atoms with Gasteiger partial charge in [0.1, 0.15) is 0 Å². The van der Waals surface area contributed by atoms with E-state index in [0.29, 0.717) is 6.42 Å². The molecular weight excluding hydrogens is 288 g/mol. The summed E-state index contributed by atoms with van der Waals surface area (Å²) in [5.74, 6) is -2.10. The van der Waals surface area contributed by atoms with Crippen molar-refractivity contribution in [3.05, 3.63) is 24.5 Å². The van der Waals surface area contributed by atoms with Crippen molar-refractivity contribution >= 4 is 17.9 Å². The molecule has 0 aromatic heterocycles. The molecule has 0 saturated heterocycles. The van der Waals surface area contributed by atoms with Gasteiger partial charge < -0.3 is 14.2 Å². The summed E-state index contributed by atoms with van der Waals surface area (Å²) in [6.45, 7) is 7.67. The Kier molecular flexibility index (Phi) is 11.4. The molecule has 0 aromatic rings. The Morgan fingerprint density at radius 2 is 1.59 bits per heavy atom. The molecule has 0 atom stereocenters. The highest BCUT2D eigenvalue weighted by atomic mass is 16.5. The minimum atomic E-state index is -0.720. The molecule has 0 aliphatic rings. The fourth-order valence-corrected chi connectivity index (χ4v) is 1.38. The van der Waals surface area contributed by atoms with E-state index in [1.807, 2.05) is 13.8 Å². The molecule has 0 amide bonds. The highest BCUT2D eigenvalue weighted by molar-refractivity contribution is 5.99. The average Bonchev–Trinajstić information content (AvgIpc) is 2.47. The highest BCUT2D eigenvalue weighted by Gasteiger charge is 2.18. The van der Waals surface area contributed by atoms with E-state index in [9.17, 15) is 14.4 Å². The SMILES string of the molecule is C=COC(=O)C/C(=C/C(=O)OCCCC)C(=O)OCCCC. The Hall–Kier alpha value is -2.11. The van der Waals surface area contributed by atoms with Gasteiger partial charge >= 0.3 is 17.9 Å². The first-order valence-corrected chi connectivity index (χ1v) is 7.39. The number of unbranched alkanes of at least 4 members (excludes halogenated alkanes) is 2. The molecule has 6 heteroatoms. The van der Waals surface area contributed by atoms with Crippen LogP contribution in [0.3, 0.4) is 0 Å². The molecule has 0 spiro atoms. The first-order valence-electron chi connectivity index (χ1n) is 7.39. The zero-order chi connectivity index (χ0) is 16.8. The highest BCUT2D eigenvalue weighted by Crippen LogP contribution is 2.08. The molecule has 0 heterocycles. The van der Waals surface area contributed by atoms with Gasteiger partial charge in [-0.2, -0.15) is 0 Å². The van der Waals surface area contributed by atoms with Crippen LogP contribution in [0.15, 0.2) is 24.5 Å². The molecule has 0 aliphatic heterocycles. The van der Waals surface area contributed by atoms with Gasteiger partial charge in [-0.1, -0.05) is 33.3 Å². The van der Waals surface area contributed by atoms with Gasteiger partial charge in [0.25, 0.3) is 0 Å². The summed E-state index contributed by atoms with van der Waals surface area (Å²) in [7, 11) is 0. The molecule has 0 fully saturated rings. The minimum absolute atomic E-state index is 0.0931. The maximum Gasteiger partial charge on any atom is 0.334 e. The van der Waals surface area contributed by atoms with Gasteiger partial charge in [0.15, 0.2) is 0 Å². The lowest BCUT2D eigenvalue weighted by Crippen LogP contribution is -2.15. The van der Waals surface area contributed by atoms with Crippen molar-refractivity contribution in [1.29, 1.82) is 0 Å². The third kappa shape index (κ3) is 9.74. The van der Waals surface area contributed by atoms with E-state index in [4.69, 9.17) is 9.47 Å². The van der Waals surface area contributed by atoms with Crippen LogP contribution in [0.25, 0.3) is 0 Å². The molecule has 6 nitrogen and oxygen atoms in total. The molecule has 0 unspecified atom stereocenters. The van der Waals surface area contributed by atoms with Crippen molar-refractivity contribution < 1.29 is 28.6 Å². The van der Waals surface area contributed by atoms with Gasteiger partial charge in [0, 0.05) is 6.08 Å². The Morgan fingerprint density at radius 1 is 1.00 bits per heavy atom. The lowest BCUT2D eigenvalue weighted by Gasteiger charge is -2.07. The van der Waals surface area contributed by atoms with E-state index in [1.165, 1.54) is 0 Å². The van der Waals surface area contributed by atoms with Crippen molar-refractivity contribution in [3.8, 4) is 0 Å². The Morgan fingerprint density at radius 3 is 2.14 bits per heavy atom. The minimum Gasteiger partial charge on any atom is -0.463 e. The Labute approximate surface area is 131 Å². The van der Waals surface area contributed by atoms with Crippen molar-refractivity contribution in [2.24, 2.45) is 0 Å². The largest absolute Gasteiger partial charge is 0.463 e. The molecule has 0 aliphatic carbocycles. The van der Waals surface area contributed by atoms with Crippen LogP contribution in [0.2, 0.25) is 0 Å². The van der Waals surface area contributed by atoms with Crippen LogP contribution in [-0.2, 0) is 28.6 Å². The third-order valence-corrected chi connectivity index (χ3v) is 2.58. The van der Waals surface area contributed by atoms with Crippen LogP contribution in [0.1, 0.15) is 46.0 Å². The topological polar surface area (TPSA) is 78.9 Å². The predicted molar refractivity (Wildman–Crippen MR) is 80.7 cm³/mol.